The molecule has 1 aliphatic rings. The summed E-state index contributed by atoms with van der Waals surface area (Å²) in [6.45, 7) is 10.3. The molecular weight excluding hydrogens is 222 g/mol. The van der Waals surface area contributed by atoms with Crippen molar-refractivity contribution >= 4 is 0 Å². The first-order valence-electron chi connectivity index (χ1n) is 7.72. The summed E-state index contributed by atoms with van der Waals surface area (Å²) in [6.07, 6.45) is 8.81. The third-order valence-corrected chi connectivity index (χ3v) is 4.32. The van der Waals surface area contributed by atoms with E-state index in [0.29, 0.717) is 11.5 Å². The summed E-state index contributed by atoms with van der Waals surface area (Å²) in [6, 6.07) is 0.532. The Morgan fingerprint density at radius 2 is 1.83 bits per heavy atom. The molecule has 0 aromatic heterocycles. The van der Waals surface area contributed by atoms with Crippen LogP contribution in [-0.2, 0) is 4.74 Å². The Labute approximate surface area is 114 Å². The Bertz CT molecular complexity index is 226. The van der Waals surface area contributed by atoms with E-state index in [1.54, 1.807) is 0 Å². The summed E-state index contributed by atoms with van der Waals surface area (Å²) in [5, 5.41) is 3.75. The van der Waals surface area contributed by atoms with Crippen LogP contribution in [0.4, 0.5) is 0 Å². The lowest BCUT2D eigenvalue weighted by atomic mass is 9.82. The van der Waals surface area contributed by atoms with Gasteiger partial charge in [0.2, 0.25) is 0 Å². The van der Waals surface area contributed by atoms with Gasteiger partial charge in [0.25, 0.3) is 0 Å². The van der Waals surface area contributed by atoms with Crippen LogP contribution in [0.1, 0.15) is 72.6 Å². The molecule has 1 atom stereocenters. The summed E-state index contributed by atoms with van der Waals surface area (Å²) in [5.74, 6) is 0. The minimum absolute atomic E-state index is 0.112. The maximum Gasteiger partial charge on any atom is 0.0830 e. The number of nitrogens with one attached hydrogen (secondary N) is 1. The molecule has 1 unspecified atom stereocenters. The summed E-state index contributed by atoms with van der Waals surface area (Å²) >= 11 is 0. The molecule has 0 spiro atoms. The molecule has 0 saturated heterocycles. The van der Waals surface area contributed by atoms with Crippen LogP contribution in [0.2, 0.25) is 0 Å². The number of hydrogen-bond acceptors (Lipinski definition) is 2. The van der Waals surface area contributed by atoms with Crippen LogP contribution in [0.3, 0.4) is 0 Å². The minimum atomic E-state index is 0.112. The Balaban J connectivity index is 2.63. The molecule has 0 bridgehead atoms. The molecule has 0 radical (unpaired) electrons. The van der Waals surface area contributed by atoms with E-state index < -0.39 is 0 Å². The molecule has 1 rings (SSSR count). The summed E-state index contributed by atoms with van der Waals surface area (Å²) in [4.78, 5) is 0. The second-order valence-electron chi connectivity index (χ2n) is 7.08. The highest BCUT2D eigenvalue weighted by Gasteiger charge is 2.41. The Hall–Kier alpha value is -0.0800. The van der Waals surface area contributed by atoms with Crippen molar-refractivity contribution in [2.75, 3.05) is 13.7 Å². The number of methoxy groups -OCH3 is 1. The predicted octanol–water partition coefficient (Wildman–Crippen LogP) is 4.14. The first-order valence-corrected chi connectivity index (χ1v) is 7.72. The molecule has 0 aliphatic heterocycles. The fourth-order valence-corrected chi connectivity index (χ4v) is 3.12. The maximum absolute atomic E-state index is 5.96. The second kappa shape index (κ2) is 6.91. The van der Waals surface area contributed by atoms with E-state index in [2.05, 4.69) is 33.0 Å². The lowest BCUT2D eigenvalue weighted by Crippen LogP contribution is -2.51. The van der Waals surface area contributed by atoms with Crippen molar-refractivity contribution in [1.82, 2.24) is 5.32 Å². The molecule has 1 N–H and O–H groups in total. The maximum atomic E-state index is 5.96. The van der Waals surface area contributed by atoms with E-state index in [4.69, 9.17) is 4.74 Å². The molecule has 0 heterocycles. The predicted molar refractivity (Wildman–Crippen MR) is 79.0 cm³/mol. The van der Waals surface area contributed by atoms with E-state index in [1.165, 1.54) is 44.9 Å². The fraction of sp³-hybridized carbons (Fsp3) is 1.00. The van der Waals surface area contributed by atoms with Gasteiger partial charge in [-0.25, -0.2) is 0 Å². The van der Waals surface area contributed by atoms with Crippen molar-refractivity contribution < 1.29 is 4.74 Å². The van der Waals surface area contributed by atoms with Gasteiger partial charge >= 0.3 is 0 Å². The molecule has 1 saturated carbocycles. The zero-order valence-electron chi connectivity index (χ0n) is 13.1. The normalized spacial score (nSPS) is 21.2. The van der Waals surface area contributed by atoms with Gasteiger partial charge in [-0.1, -0.05) is 40.5 Å². The Kier molecular flexibility index (Phi) is 6.13. The van der Waals surface area contributed by atoms with Crippen molar-refractivity contribution in [1.29, 1.82) is 0 Å². The molecule has 2 nitrogen and oxygen atoms in total. The van der Waals surface area contributed by atoms with Crippen molar-refractivity contribution in [2.45, 2.75) is 84.3 Å². The van der Waals surface area contributed by atoms with Crippen LogP contribution in [0.15, 0.2) is 0 Å². The molecule has 108 valence electrons. The Morgan fingerprint density at radius 3 is 2.28 bits per heavy atom. The molecule has 0 amide bonds. The molecular formula is C16H33NO. The van der Waals surface area contributed by atoms with Gasteiger partial charge in [0.15, 0.2) is 0 Å². The highest BCUT2D eigenvalue weighted by Crippen LogP contribution is 2.38. The highest BCUT2D eigenvalue weighted by atomic mass is 16.5. The third-order valence-electron chi connectivity index (χ3n) is 4.32. The number of ether oxygens (including phenoxy) is 1. The lowest BCUT2D eigenvalue weighted by molar-refractivity contribution is -0.0399. The smallest absolute Gasteiger partial charge is 0.0830 e. The zero-order valence-corrected chi connectivity index (χ0v) is 13.1. The highest BCUT2D eigenvalue weighted by molar-refractivity contribution is 4.97. The van der Waals surface area contributed by atoms with Crippen molar-refractivity contribution in [3.8, 4) is 0 Å². The van der Waals surface area contributed by atoms with Crippen LogP contribution >= 0.6 is 0 Å². The molecule has 1 fully saturated rings. The average Bonchev–Trinajstić information content (AvgIpc) is 2.77. The second-order valence-corrected chi connectivity index (χ2v) is 7.08. The largest absolute Gasteiger partial charge is 0.377 e. The average molecular weight is 255 g/mol. The molecule has 18 heavy (non-hydrogen) atoms. The van der Waals surface area contributed by atoms with Crippen LogP contribution in [-0.4, -0.2) is 25.3 Å². The van der Waals surface area contributed by atoms with Gasteiger partial charge < -0.3 is 10.1 Å². The number of rotatable bonds is 7. The van der Waals surface area contributed by atoms with Gasteiger partial charge in [0.1, 0.15) is 0 Å². The van der Waals surface area contributed by atoms with Gasteiger partial charge in [-0.15, -0.1) is 0 Å². The molecule has 0 aromatic carbocycles. The number of hydrogen-bond donors (Lipinski definition) is 1. The van der Waals surface area contributed by atoms with Crippen LogP contribution < -0.4 is 5.32 Å². The lowest BCUT2D eigenvalue weighted by Gasteiger charge is -2.38. The standard InChI is InChI=1S/C16H33NO/c1-6-13-17-14(9-12-15(2,3)4)16(18-5)10-7-8-11-16/h14,17H,6-13H2,1-5H3. The summed E-state index contributed by atoms with van der Waals surface area (Å²) in [5.41, 5.74) is 0.528. The third kappa shape index (κ3) is 4.55. The van der Waals surface area contributed by atoms with E-state index in [9.17, 15) is 0 Å². The van der Waals surface area contributed by atoms with Crippen LogP contribution in [0.25, 0.3) is 0 Å². The van der Waals surface area contributed by atoms with Gasteiger partial charge in [-0.05, 0) is 44.1 Å². The first kappa shape index (κ1) is 16.0. The first-order chi connectivity index (χ1) is 8.43. The monoisotopic (exact) mass is 255 g/mol. The van der Waals surface area contributed by atoms with Crippen LogP contribution in [0.5, 0.6) is 0 Å². The van der Waals surface area contributed by atoms with E-state index in [-0.39, 0.29) is 5.60 Å². The van der Waals surface area contributed by atoms with Crippen molar-refractivity contribution in [2.24, 2.45) is 5.41 Å². The SMILES string of the molecule is CCCNC(CCC(C)(C)C)C1(OC)CCCC1. The van der Waals surface area contributed by atoms with E-state index in [1.807, 2.05) is 7.11 Å². The van der Waals surface area contributed by atoms with E-state index >= 15 is 0 Å². The fourth-order valence-electron chi connectivity index (χ4n) is 3.12. The van der Waals surface area contributed by atoms with Crippen LogP contribution in [0, 0.1) is 5.41 Å². The van der Waals surface area contributed by atoms with E-state index in [0.717, 1.165) is 6.54 Å². The minimum Gasteiger partial charge on any atom is -0.377 e. The molecule has 0 aromatic rings. The van der Waals surface area contributed by atoms with Crippen molar-refractivity contribution in [3.63, 3.8) is 0 Å². The molecule has 2 heteroatoms. The summed E-state index contributed by atoms with van der Waals surface area (Å²) in [7, 11) is 1.91. The quantitative estimate of drug-likeness (QED) is 0.738. The topological polar surface area (TPSA) is 21.3 Å². The van der Waals surface area contributed by atoms with Gasteiger partial charge in [-0.2, -0.15) is 0 Å². The van der Waals surface area contributed by atoms with Crippen molar-refractivity contribution in [3.05, 3.63) is 0 Å². The van der Waals surface area contributed by atoms with Gasteiger partial charge in [-0.3, -0.25) is 0 Å². The molecule has 1 aliphatic carbocycles. The zero-order chi connectivity index (χ0) is 13.6. The Morgan fingerprint density at radius 1 is 1.22 bits per heavy atom. The van der Waals surface area contributed by atoms with Gasteiger partial charge in [0, 0.05) is 13.2 Å². The summed E-state index contributed by atoms with van der Waals surface area (Å²) < 4.78 is 5.96. The van der Waals surface area contributed by atoms with Gasteiger partial charge in [0.05, 0.1) is 5.60 Å².